The first kappa shape index (κ1) is 11.9. The molecule has 0 heterocycles. The summed E-state index contributed by atoms with van der Waals surface area (Å²) in [4.78, 5) is 11.5. The second-order valence-corrected chi connectivity index (χ2v) is 5.20. The maximum Gasteiger partial charge on any atom is 0.319 e. The van der Waals surface area contributed by atoms with Crippen LogP contribution in [0.1, 0.15) is 51.4 Å². The minimum Gasteiger partial charge on any atom is -0.464 e. The maximum atomic E-state index is 11.5. The molecule has 3 nitrogen and oxygen atoms in total. The first-order valence-corrected chi connectivity index (χ1v) is 6.73. The summed E-state index contributed by atoms with van der Waals surface area (Å²) in [5.74, 6) is 0.564. The number of nitrogens with one attached hydrogen (secondary N) is 1. The predicted octanol–water partition coefficient (Wildman–Crippen LogP) is 2.25. The van der Waals surface area contributed by atoms with Crippen LogP contribution in [0.3, 0.4) is 0 Å². The molecule has 1 N–H and O–H groups in total. The Labute approximate surface area is 97.9 Å². The fourth-order valence-electron chi connectivity index (χ4n) is 2.80. The van der Waals surface area contributed by atoms with E-state index in [0.29, 0.717) is 25.1 Å². The highest BCUT2D eigenvalue weighted by Crippen LogP contribution is 2.24. The Morgan fingerprint density at radius 1 is 1.06 bits per heavy atom. The second-order valence-electron chi connectivity index (χ2n) is 5.20. The lowest BCUT2D eigenvalue weighted by molar-refractivity contribution is -0.144. The number of hydrogen-bond donors (Lipinski definition) is 1. The monoisotopic (exact) mass is 225 g/mol. The van der Waals surface area contributed by atoms with Crippen molar-refractivity contribution in [3.63, 3.8) is 0 Å². The third-order valence-corrected chi connectivity index (χ3v) is 3.85. The molecule has 0 spiro atoms. The molecule has 0 atom stereocenters. The first-order chi connectivity index (χ1) is 7.84. The van der Waals surface area contributed by atoms with Gasteiger partial charge in [0, 0.05) is 6.04 Å². The highest BCUT2D eigenvalue weighted by Gasteiger charge is 2.18. The van der Waals surface area contributed by atoms with E-state index in [1.807, 2.05) is 0 Å². The maximum absolute atomic E-state index is 11.5. The molecule has 0 unspecified atom stereocenters. The van der Waals surface area contributed by atoms with Gasteiger partial charge in [0.2, 0.25) is 0 Å². The van der Waals surface area contributed by atoms with Crippen LogP contribution >= 0.6 is 0 Å². The molecule has 2 saturated carbocycles. The molecular weight excluding hydrogens is 202 g/mol. The number of hydrogen-bond acceptors (Lipinski definition) is 3. The van der Waals surface area contributed by atoms with Crippen molar-refractivity contribution in [3.05, 3.63) is 0 Å². The van der Waals surface area contributed by atoms with Gasteiger partial charge in [-0.1, -0.05) is 25.7 Å². The lowest BCUT2D eigenvalue weighted by atomic mass is 10.1. The summed E-state index contributed by atoms with van der Waals surface area (Å²) in [6.45, 7) is 1.04. The zero-order valence-electron chi connectivity index (χ0n) is 10.0. The molecule has 0 saturated heterocycles. The van der Waals surface area contributed by atoms with Crippen LogP contribution in [0.4, 0.5) is 0 Å². The van der Waals surface area contributed by atoms with Crippen molar-refractivity contribution in [1.82, 2.24) is 5.32 Å². The number of esters is 1. The van der Waals surface area contributed by atoms with E-state index in [1.165, 1.54) is 51.4 Å². The van der Waals surface area contributed by atoms with Gasteiger partial charge in [0.25, 0.3) is 0 Å². The molecule has 0 aliphatic heterocycles. The van der Waals surface area contributed by atoms with Gasteiger partial charge in [-0.25, -0.2) is 0 Å². The largest absolute Gasteiger partial charge is 0.464 e. The fourth-order valence-corrected chi connectivity index (χ4v) is 2.80. The minimum absolute atomic E-state index is 0.0706. The summed E-state index contributed by atoms with van der Waals surface area (Å²) >= 11 is 0. The zero-order chi connectivity index (χ0) is 11.2. The van der Waals surface area contributed by atoms with Gasteiger partial charge in [-0.3, -0.25) is 4.79 Å². The van der Waals surface area contributed by atoms with E-state index in [-0.39, 0.29) is 5.97 Å². The van der Waals surface area contributed by atoms with Gasteiger partial charge in [0.05, 0.1) is 13.2 Å². The molecule has 2 aliphatic rings. The van der Waals surface area contributed by atoms with Crippen LogP contribution in [0.5, 0.6) is 0 Å². The number of carbonyl (C=O) groups is 1. The average Bonchev–Trinajstić information content (AvgIpc) is 2.96. The van der Waals surface area contributed by atoms with Crippen LogP contribution in [-0.4, -0.2) is 25.2 Å². The molecule has 0 aromatic rings. The number of rotatable bonds is 5. The summed E-state index contributed by atoms with van der Waals surface area (Å²) in [5.41, 5.74) is 0. The van der Waals surface area contributed by atoms with Crippen molar-refractivity contribution >= 4 is 5.97 Å². The van der Waals surface area contributed by atoms with E-state index < -0.39 is 0 Å². The van der Waals surface area contributed by atoms with Crippen molar-refractivity contribution < 1.29 is 9.53 Å². The van der Waals surface area contributed by atoms with Gasteiger partial charge < -0.3 is 10.1 Å². The zero-order valence-corrected chi connectivity index (χ0v) is 10.0. The number of carbonyl (C=O) groups excluding carboxylic acids is 1. The lowest BCUT2D eigenvalue weighted by Gasteiger charge is -2.13. The Kier molecular flexibility index (Phi) is 4.64. The first-order valence-electron chi connectivity index (χ1n) is 6.73. The molecule has 16 heavy (non-hydrogen) atoms. The van der Waals surface area contributed by atoms with Gasteiger partial charge >= 0.3 is 5.97 Å². The lowest BCUT2D eigenvalue weighted by Crippen LogP contribution is -2.33. The van der Waals surface area contributed by atoms with E-state index in [4.69, 9.17) is 4.74 Å². The van der Waals surface area contributed by atoms with Crippen molar-refractivity contribution in [3.8, 4) is 0 Å². The SMILES string of the molecule is O=C(CNC1CCCC1)OCC1CCCC1. The summed E-state index contributed by atoms with van der Waals surface area (Å²) < 4.78 is 5.28. The van der Waals surface area contributed by atoms with Gasteiger partial charge in [-0.15, -0.1) is 0 Å². The van der Waals surface area contributed by atoms with Gasteiger partial charge in [-0.2, -0.15) is 0 Å². The quantitative estimate of drug-likeness (QED) is 0.729. The third kappa shape index (κ3) is 3.78. The van der Waals surface area contributed by atoms with Crippen LogP contribution < -0.4 is 5.32 Å². The molecule has 0 amide bonds. The minimum atomic E-state index is -0.0706. The molecule has 0 aromatic heterocycles. The summed E-state index contributed by atoms with van der Waals surface area (Å²) in [6, 6.07) is 0.555. The Balaban J connectivity index is 1.53. The Hall–Kier alpha value is -0.570. The van der Waals surface area contributed by atoms with Crippen molar-refractivity contribution in [1.29, 1.82) is 0 Å². The molecule has 2 aliphatic carbocycles. The van der Waals surface area contributed by atoms with E-state index in [9.17, 15) is 4.79 Å². The molecule has 3 heteroatoms. The third-order valence-electron chi connectivity index (χ3n) is 3.85. The summed E-state index contributed by atoms with van der Waals surface area (Å²) in [5, 5.41) is 3.28. The van der Waals surface area contributed by atoms with Crippen LogP contribution in [0.15, 0.2) is 0 Å². The van der Waals surface area contributed by atoms with E-state index in [0.717, 1.165) is 0 Å². The van der Waals surface area contributed by atoms with Crippen molar-refractivity contribution in [2.75, 3.05) is 13.2 Å². The smallest absolute Gasteiger partial charge is 0.319 e. The van der Waals surface area contributed by atoms with Crippen molar-refractivity contribution in [2.24, 2.45) is 5.92 Å². The van der Waals surface area contributed by atoms with Gasteiger partial charge in [0.15, 0.2) is 0 Å². The molecule has 2 fully saturated rings. The molecule has 2 rings (SSSR count). The Morgan fingerprint density at radius 3 is 2.38 bits per heavy atom. The van der Waals surface area contributed by atoms with Crippen LogP contribution in [-0.2, 0) is 9.53 Å². The summed E-state index contributed by atoms with van der Waals surface area (Å²) in [7, 11) is 0. The number of ether oxygens (including phenoxy) is 1. The molecular formula is C13H23NO2. The van der Waals surface area contributed by atoms with Crippen LogP contribution in [0.2, 0.25) is 0 Å². The van der Waals surface area contributed by atoms with E-state index in [1.54, 1.807) is 0 Å². The predicted molar refractivity (Wildman–Crippen MR) is 63.2 cm³/mol. The Bertz CT molecular complexity index is 196. The van der Waals surface area contributed by atoms with Gasteiger partial charge in [-0.05, 0) is 31.6 Å². The standard InChI is InChI=1S/C13H23NO2/c15-13(9-14-12-7-3-4-8-12)16-10-11-5-1-2-6-11/h11-12,14H,1-10H2. The highest BCUT2D eigenvalue weighted by molar-refractivity contribution is 5.71. The average molecular weight is 225 g/mol. The normalized spacial score (nSPS) is 22.8. The van der Waals surface area contributed by atoms with Crippen LogP contribution in [0.25, 0.3) is 0 Å². The molecule has 0 radical (unpaired) electrons. The highest BCUT2D eigenvalue weighted by atomic mass is 16.5. The Morgan fingerprint density at radius 2 is 1.69 bits per heavy atom. The molecule has 92 valence electrons. The molecule has 0 aromatic carbocycles. The second kappa shape index (κ2) is 6.24. The van der Waals surface area contributed by atoms with Crippen molar-refractivity contribution in [2.45, 2.75) is 57.4 Å². The fraction of sp³-hybridized carbons (Fsp3) is 0.923. The molecule has 0 bridgehead atoms. The van der Waals surface area contributed by atoms with Gasteiger partial charge in [0.1, 0.15) is 0 Å². The topological polar surface area (TPSA) is 38.3 Å². The van der Waals surface area contributed by atoms with E-state index in [2.05, 4.69) is 5.32 Å². The van der Waals surface area contributed by atoms with Crippen LogP contribution in [0, 0.1) is 5.92 Å². The summed E-state index contributed by atoms with van der Waals surface area (Å²) in [6.07, 6.45) is 10.1. The van der Waals surface area contributed by atoms with E-state index >= 15 is 0 Å².